The van der Waals surface area contributed by atoms with Gasteiger partial charge in [0, 0.05) is 16.5 Å². The lowest BCUT2D eigenvalue weighted by Gasteiger charge is -2.22. The van der Waals surface area contributed by atoms with Crippen LogP contribution in [0.3, 0.4) is 0 Å². The molecule has 0 spiro atoms. The molecule has 0 fully saturated rings. The van der Waals surface area contributed by atoms with Crippen molar-refractivity contribution >= 4 is 29.1 Å². The number of thiophene rings is 1. The fraction of sp³-hybridized carbons (Fsp3) is 0.240. The second kappa shape index (κ2) is 11.5. The molecule has 3 aromatic rings. The molecular formula is C25H26FN3O5S. The first-order valence-electron chi connectivity index (χ1n) is 10.7. The number of rotatable bonds is 8. The van der Waals surface area contributed by atoms with Gasteiger partial charge in [-0.2, -0.15) is 0 Å². The van der Waals surface area contributed by atoms with Crippen LogP contribution in [0.25, 0.3) is 10.4 Å². The Kier molecular flexibility index (Phi) is 8.43. The average molecular weight is 500 g/mol. The van der Waals surface area contributed by atoms with Gasteiger partial charge in [-0.3, -0.25) is 25.2 Å². The van der Waals surface area contributed by atoms with Gasteiger partial charge in [-0.15, -0.1) is 11.3 Å². The molecule has 3 rings (SSSR count). The van der Waals surface area contributed by atoms with E-state index in [0.29, 0.717) is 16.4 Å². The van der Waals surface area contributed by atoms with Crippen LogP contribution >= 0.6 is 11.3 Å². The molecule has 0 bridgehead atoms. The van der Waals surface area contributed by atoms with E-state index in [1.165, 1.54) is 49.8 Å². The molecule has 0 radical (unpaired) electrons. The van der Waals surface area contributed by atoms with Crippen molar-refractivity contribution in [3.8, 4) is 21.9 Å². The number of hydrazine groups is 1. The molecule has 1 atom stereocenters. The Bertz CT molecular complexity index is 1190. The molecule has 0 aliphatic heterocycles. The highest BCUT2D eigenvalue weighted by Crippen LogP contribution is 2.28. The van der Waals surface area contributed by atoms with Crippen LogP contribution in [0.2, 0.25) is 0 Å². The van der Waals surface area contributed by atoms with Gasteiger partial charge in [-0.1, -0.05) is 26.0 Å². The summed E-state index contributed by atoms with van der Waals surface area (Å²) in [5, 5.41) is 2.69. The van der Waals surface area contributed by atoms with E-state index < -0.39 is 23.8 Å². The molecule has 3 amide bonds. The van der Waals surface area contributed by atoms with E-state index >= 15 is 0 Å². The molecular weight excluding hydrogens is 473 g/mol. The number of halogens is 1. The Morgan fingerprint density at radius 2 is 1.49 bits per heavy atom. The maximum Gasteiger partial charge on any atom is 0.279 e. The highest BCUT2D eigenvalue weighted by molar-refractivity contribution is 7.17. The van der Waals surface area contributed by atoms with Gasteiger partial charge in [0.05, 0.1) is 19.1 Å². The number of amides is 3. The van der Waals surface area contributed by atoms with Gasteiger partial charge in [-0.05, 0) is 47.9 Å². The molecule has 10 heteroatoms. The van der Waals surface area contributed by atoms with Gasteiger partial charge >= 0.3 is 0 Å². The molecule has 0 aliphatic rings. The maximum absolute atomic E-state index is 13.1. The molecule has 0 saturated heterocycles. The Labute approximate surface area is 206 Å². The van der Waals surface area contributed by atoms with Gasteiger partial charge < -0.3 is 14.8 Å². The lowest BCUT2D eigenvalue weighted by Crippen LogP contribution is -2.54. The van der Waals surface area contributed by atoms with Gasteiger partial charge in [0.15, 0.2) is 0 Å². The topological polar surface area (TPSA) is 106 Å². The Hall–Kier alpha value is -3.92. The third-order valence-corrected chi connectivity index (χ3v) is 6.24. The van der Waals surface area contributed by atoms with E-state index in [4.69, 9.17) is 9.47 Å². The summed E-state index contributed by atoms with van der Waals surface area (Å²) in [7, 11) is 2.94. The van der Waals surface area contributed by atoms with E-state index in [0.717, 1.165) is 10.4 Å². The molecule has 35 heavy (non-hydrogen) atoms. The molecule has 0 unspecified atom stereocenters. The molecule has 3 N–H and O–H groups in total. The van der Waals surface area contributed by atoms with Gasteiger partial charge in [0.2, 0.25) is 0 Å². The van der Waals surface area contributed by atoms with Gasteiger partial charge in [-0.25, -0.2) is 4.39 Å². The monoisotopic (exact) mass is 499 g/mol. The number of hydrogen-bond acceptors (Lipinski definition) is 6. The van der Waals surface area contributed by atoms with Gasteiger partial charge in [0.25, 0.3) is 17.7 Å². The van der Waals surface area contributed by atoms with Crippen molar-refractivity contribution < 1.29 is 28.2 Å². The minimum Gasteiger partial charge on any atom is -0.497 e. The number of nitrogens with one attached hydrogen (secondary N) is 3. The summed E-state index contributed by atoms with van der Waals surface area (Å²) in [5.41, 5.74) is 5.79. The first-order chi connectivity index (χ1) is 16.7. The van der Waals surface area contributed by atoms with E-state index in [9.17, 15) is 18.8 Å². The van der Waals surface area contributed by atoms with Crippen LogP contribution in [0.4, 0.5) is 4.39 Å². The summed E-state index contributed by atoms with van der Waals surface area (Å²) in [6.07, 6.45) is 0. The molecule has 1 aromatic heterocycles. The molecule has 184 valence electrons. The van der Waals surface area contributed by atoms with Crippen molar-refractivity contribution in [3.63, 3.8) is 0 Å². The highest BCUT2D eigenvalue weighted by atomic mass is 32.1. The molecule has 0 saturated carbocycles. The van der Waals surface area contributed by atoms with Crippen molar-refractivity contribution in [2.75, 3.05) is 14.2 Å². The smallest absolute Gasteiger partial charge is 0.279 e. The lowest BCUT2D eigenvalue weighted by molar-refractivity contribution is -0.124. The fourth-order valence-corrected chi connectivity index (χ4v) is 4.09. The normalized spacial score (nSPS) is 11.5. The van der Waals surface area contributed by atoms with Crippen LogP contribution in [0.1, 0.15) is 33.9 Å². The molecule has 1 heterocycles. The second-order valence-electron chi connectivity index (χ2n) is 7.91. The zero-order valence-corrected chi connectivity index (χ0v) is 20.5. The van der Waals surface area contributed by atoms with Crippen molar-refractivity contribution in [2.45, 2.75) is 19.9 Å². The molecule has 0 aliphatic carbocycles. The van der Waals surface area contributed by atoms with Crippen molar-refractivity contribution in [1.82, 2.24) is 16.2 Å². The Morgan fingerprint density at radius 3 is 2.06 bits per heavy atom. The number of hydrogen-bond donors (Lipinski definition) is 3. The predicted octanol–water partition coefficient (Wildman–Crippen LogP) is 3.79. The van der Waals surface area contributed by atoms with Crippen LogP contribution in [-0.4, -0.2) is 38.0 Å². The second-order valence-corrected chi connectivity index (χ2v) is 8.99. The zero-order chi connectivity index (χ0) is 25.5. The van der Waals surface area contributed by atoms with E-state index in [1.807, 2.05) is 0 Å². The first kappa shape index (κ1) is 25.7. The van der Waals surface area contributed by atoms with E-state index in [-0.39, 0.29) is 17.3 Å². The lowest BCUT2D eigenvalue weighted by atomic mass is 10.0. The summed E-state index contributed by atoms with van der Waals surface area (Å²) in [6.45, 7) is 3.54. The zero-order valence-electron chi connectivity index (χ0n) is 19.7. The summed E-state index contributed by atoms with van der Waals surface area (Å²) >= 11 is 1.20. The van der Waals surface area contributed by atoms with Crippen molar-refractivity contribution in [1.29, 1.82) is 0 Å². The number of benzene rings is 2. The summed E-state index contributed by atoms with van der Waals surface area (Å²) in [5.74, 6) is -1.33. The third kappa shape index (κ3) is 6.57. The summed E-state index contributed by atoms with van der Waals surface area (Å²) in [6, 6.07) is 13.1. The molecule has 2 aromatic carbocycles. The van der Waals surface area contributed by atoms with Crippen LogP contribution in [0.15, 0.2) is 54.6 Å². The Balaban J connectivity index is 1.63. The number of ether oxygens (including phenoxy) is 2. The minimum atomic E-state index is -0.918. The third-order valence-electron chi connectivity index (χ3n) is 5.11. The average Bonchev–Trinajstić information content (AvgIpc) is 3.35. The van der Waals surface area contributed by atoms with E-state index in [2.05, 4.69) is 16.2 Å². The number of carbonyl (C=O) groups excluding carboxylic acids is 3. The Morgan fingerprint density at radius 1 is 0.857 bits per heavy atom. The van der Waals surface area contributed by atoms with Crippen LogP contribution < -0.4 is 25.6 Å². The van der Waals surface area contributed by atoms with Crippen molar-refractivity contribution in [2.24, 2.45) is 5.92 Å². The predicted molar refractivity (Wildman–Crippen MR) is 131 cm³/mol. The fourth-order valence-electron chi connectivity index (χ4n) is 3.18. The van der Waals surface area contributed by atoms with E-state index in [1.54, 1.807) is 44.2 Å². The van der Waals surface area contributed by atoms with Crippen molar-refractivity contribution in [3.05, 3.63) is 70.9 Å². The molecule has 8 nitrogen and oxygen atoms in total. The SMILES string of the molecule is COc1cc(OC)cc(C(=O)N[C@@H](C(=O)NNC(=O)c2ccc(-c3ccc(F)cc3)s2)C(C)C)c1. The minimum absolute atomic E-state index is 0.260. The summed E-state index contributed by atoms with van der Waals surface area (Å²) < 4.78 is 23.5. The van der Waals surface area contributed by atoms with Crippen LogP contribution in [0, 0.1) is 11.7 Å². The maximum atomic E-state index is 13.1. The van der Waals surface area contributed by atoms with Gasteiger partial charge in [0.1, 0.15) is 23.4 Å². The largest absolute Gasteiger partial charge is 0.497 e. The number of carbonyl (C=O) groups is 3. The number of methoxy groups -OCH3 is 2. The first-order valence-corrected chi connectivity index (χ1v) is 11.5. The standard InChI is InChI=1S/C25H26FN3O5S/c1-14(2)22(27-23(30)16-11-18(33-3)13-19(12-16)34-4)25(32)29-28-24(31)21-10-9-20(35-21)15-5-7-17(26)8-6-15/h5-14,22H,1-4H3,(H,27,30)(H,28,31)(H,29,32)/t22-/m1/s1. The highest BCUT2D eigenvalue weighted by Gasteiger charge is 2.26. The summed E-state index contributed by atoms with van der Waals surface area (Å²) in [4.78, 5) is 39.3. The van der Waals surface area contributed by atoms with Crippen LogP contribution in [0.5, 0.6) is 11.5 Å². The quantitative estimate of drug-likeness (QED) is 0.409. The van der Waals surface area contributed by atoms with Crippen LogP contribution in [-0.2, 0) is 4.79 Å².